The fourth-order valence-corrected chi connectivity index (χ4v) is 2.34. The lowest BCUT2D eigenvalue weighted by atomic mass is 10.2. The molecule has 1 aliphatic carbocycles. The van der Waals surface area contributed by atoms with Gasteiger partial charge in [-0.15, -0.1) is 0 Å². The van der Waals surface area contributed by atoms with Crippen LogP contribution in [0.5, 0.6) is 0 Å². The van der Waals surface area contributed by atoms with Crippen LogP contribution >= 0.6 is 11.3 Å². The van der Waals surface area contributed by atoms with E-state index in [1.165, 1.54) is 18.4 Å². The van der Waals surface area contributed by atoms with Crippen LogP contribution < -0.4 is 5.32 Å². The molecular formula is C11H17NS. The quantitative estimate of drug-likeness (QED) is 0.779. The molecule has 72 valence electrons. The fourth-order valence-electron chi connectivity index (χ4n) is 1.64. The first-order valence-corrected chi connectivity index (χ1v) is 5.87. The van der Waals surface area contributed by atoms with Crippen molar-refractivity contribution in [3.63, 3.8) is 0 Å². The number of nitrogens with one attached hydrogen (secondary N) is 1. The Morgan fingerprint density at radius 1 is 1.62 bits per heavy atom. The third kappa shape index (κ3) is 2.32. The van der Waals surface area contributed by atoms with Gasteiger partial charge in [0, 0.05) is 6.04 Å². The number of thiophene rings is 1. The van der Waals surface area contributed by atoms with Crippen molar-refractivity contribution in [2.24, 2.45) is 5.41 Å². The van der Waals surface area contributed by atoms with Gasteiger partial charge in [0.05, 0.1) is 0 Å². The zero-order valence-electron chi connectivity index (χ0n) is 8.34. The topological polar surface area (TPSA) is 12.0 Å². The van der Waals surface area contributed by atoms with Crippen molar-refractivity contribution in [2.45, 2.75) is 32.7 Å². The summed E-state index contributed by atoms with van der Waals surface area (Å²) in [6, 6.07) is 2.98. The van der Waals surface area contributed by atoms with E-state index in [0.29, 0.717) is 5.41 Å². The molecule has 0 amide bonds. The summed E-state index contributed by atoms with van der Waals surface area (Å²) in [7, 11) is 0. The van der Waals surface area contributed by atoms with Crippen LogP contribution in [0, 0.1) is 5.41 Å². The summed E-state index contributed by atoms with van der Waals surface area (Å²) < 4.78 is 0. The molecule has 1 atom stereocenters. The lowest BCUT2D eigenvalue weighted by Crippen LogP contribution is -2.22. The molecule has 1 nitrogen and oxygen atoms in total. The van der Waals surface area contributed by atoms with E-state index in [0.717, 1.165) is 12.6 Å². The largest absolute Gasteiger partial charge is 0.313 e. The SMILES string of the molecule is CC1(C)CC1NCCc1ccsc1. The molecule has 2 heteroatoms. The van der Waals surface area contributed by atoms with Gasteiger partial charge in [-0.05, 0) is 47.2 Å². The Hall–Kier alpha value is -0.340. The molecule has 1 aliphatic rings. The van der Waals surface area contributed by atoms with Crippen molar-refractivity contribution in [1.82, 2.24) is 5.32 Å². The van der Waals surface area contributed by atoms with Crippen LogP contribution in [0.2, 0.25) is 0 Å². The van der Waals surface area contributed by atoms with Crippen molar-refractivity contribution in [2.75, 3.05) is 6.54 Å². The minimum Gasteiger partial charge on any atom is -0.313 e. The Morgan fingerprint density at radius 2 is 2.38 bits per heavy atom. The summed E-state index contributed by atoms with van der Waals surface area (Å²) in [5.74, 6) is 0. The van der Waals surface area contributed by atoms with Crippen LogP contribution in [0.3, 0.4) is 0 Å². The van der Waals surface area contributed by atoms with E-state index in [9.17, 15) is 0 Å². The van der Waals surface area contributed by atoms with Crippen LogP contribution in [0.4, 0.5) is 0 Å². The smallest absolute Gasteiger partial charge is 0.0125 e. The summed E-state index contributed by atoms with van der Waals surface area (Å²) in [5.41, 5.74) is 2.03. The van der Waals surface area contributed by atoms with Crippen molar-refractivity contribution in [1.29, 1.82) is 0 Å². The van der Waals surface area contributed by atoms with Crippen molar-refractivity contribution in [3.8, 4) is 0 Å². The molecule has 1 aromatic heterocycles. The highest BCUT2D eigenvalue weighted by Gasteiger charge is 2.44. The molecule has 1 heterocycles. The monoisotopic (exact) mass is 195 g/mol. The molecule has 0 saturated heterocycles. The van der Waals surface area contributed by atoms with Gasteiger partial charge in [0.15, 0.2) is 0 Å². The van der Waals surface area contributed by atoms with Gasteiger partial charge in [0.2, 0.25) is 0 Å². The zero-order valence-corrected chi connectivity index (χ0v) is 9.16. The molecule has 0 aromatic carbocycles. The highest BCUT2D eigenvalue weighted by molar-refractivity contribution is 7.07. The Bertz CT molecular complexity index is 264. The first-order valence-electron chi connectivity index (χ1n) is 4.93. The summed E-state index contributed by atoms with van der Waals surface area (Å²) in [5, 5.41) is 7.97. The normalized spacial score (nSPS) is 24.6. The number of rotatable bonds is 4. The average Bonchev–Trinajstić information content (AvgIpc) is 2.53. The Morgan fingerprint density at radius 3 is 2.92 bits per heavy atom. The van der Waals surface area contributed by atoms with Gasteiger partial charge in [-0.25, -0.2) is 0 Å². The molecule has 0 radical (unpaired) electrons. The molecule has 0 spiro atoms. The maximum Gasteiger partial charge on any atom is 0.0125 e. The Balaban J connectivity index is 1.66. The second-order valence-electron chi connectivity index (χ2n) is 4.58. The van der Waals surface area contributed by atoms with E-state index in [1.807, 2.05) is 0 Å². The van der Waals surface area contributed by atoms with Crippen molar-refractivity contribution < 1.29 is 0 Å². The summed E-state index contributed by atoms with van der Waals surface area (Å²) >= 11 is 1.79. The van der Waals surface area contributed by atoms with E-state index in [1.54, 1.807) is 11.3 Å². The molecule has 1 N–H and O–H groups in total. The van der Waals surface area contributed by atoms with Gasteiger partial charge in [-0.1, -0.05) is 13.8 Å². The second-order valence-corrected chi connectivity index (χ2v) is 5.36. The molecule has 1 saturated carbocycles. The van der Waals surface area contributed by atoms with Gasteiger partial charge < -0.3 is 5.32 Å². The van der Waals surface area contributed by atoms with E-state index >= 15 is 0 Å². The van der Waals surface area contributed by atoms with Gasteiger partial charge >= 0.3 is 0 Å². The summed E-state index contributed by atoms with van der Waals surface area (Å²) in [6.07, 6.45) is 2.52. The second kappa shape index (κ2) is 3.43. The first-order chi connectivity index (χ1) is 6.18. The minimum atomic E-state index is 0.564. The average molecular weight is 195 g/mol. The van der Waals surface area contributed by atoms with Crippen molar-refractivity contribution in [3.05, 3.63) is 22.4 Å². The van der Waals surface area contributed by atoms with Gasteiger partial charge in [0.25, 0.3) is 0 Å². The van der Waals surface area contributed by atoms with Crippen LogP contribution in [0.1, 0.15) is 25.8 Å². The lowest BCUT2D eigenvalue weighted by Gasteiger charge is -2.05. The van der Waals surface area contributed by atoms with Gasteiger partial charge in [0.1, 0.15) is 0 Å². The summed E-state index contributed by atoms with van der Waals surface area (Å²) in [4.78, 5) is 0. The highest BCUT2D eigenvalue weighted by Crippen LogP contribution is 2.44. The van der Waals surface area contributed by atoms with Crippen LogP contribution in [0.15, 0.2) is 16.8 Å². The number of hydrogen-bond acceptors (Lipinski definition) is 2. The predicted octanol–water partition coefficient (Wildman–Crippen LogP) is 2.68. The number of hydrogen-bond donors (Lipinski definition) is 1. The minimum absolute atomic E-state index is 0.564. The predicted molar refractivity (Wildman–Crippen MR) is 58.2 cm³/mol. The van der Waals surface area contributed by atoms with Crippen LogP contribution in [-0.4, -0.2) is 12.6 Å². The molecular weight excluding hydrogens is 178 g/mol. The lowest BCUT2D eigenvalue weighted by molar-refractivity contribution is 0.544. The zero-order chi connectivity index (χ0) is 9.31. The molecule has 2 rings (SSSR count). The third-order valence-electron chi connectivity index (χ3n) is 2.90. The maximum atomic E-state index is 3.59. The Labute approximate surface area is 84.2 Å². The van der Waals surface area contributed by atoms with E-state index < -0.39 is 0 Å². The molecule has 1 fully saturated rings. The maximum absolute atomic E-state index is 3.59. The fraction of sp³-hybridized carbons (Fsp3) is 0.636. The standard InChI is InChI=1S/C11H17NS/c1-11(2)7-10(11)12-5-3-9-4-6-13-8-9/h4,6,8,10,12H,3,5,7H2,1-2H3. The van der Waals surface area contributed by atoms with E-state index in [4.69, 9.17) is 0 Å². The van der Waals surface area contributed by atoms with Gasteiger partial charge in [-0.3, -0.25) is 0 Å². The molecule has 1 unspecified atom stereocenters. The highest BCUT2D eigenvalue weighted by atomic mass is 32.1. The van der Waals surface area contributed by atoms with E-state index in [-0.39, 0.29) is 0 Å². The Kier molecular flexibility index (Phi) is 2.43. The van der Waals surface area contributed by atoms with Gasteiger partial charge in [-0.2, -0.15) is 11.3 Å². The van der Waals surface area contributed by atoms with Crippen molar-refractivity contribution >= 4 is 11.3 Å². The third-order valence-corrected chi connectivity index (χ3v) is 3.63. The van der Waals surface area contributed by atoms with E-state index in [2.05, 4.69) is 36.0 Å². The summed E-state index contributed by atoms with van der Waals surface area (Å²) in [6.45, 7) is 5.79. The van der Waals surface area contributed by atoms with Crippen LogP contribution in [0.25, 0.3) is 0 Å². The van der Waals surface area contributed by atoms with Crippen LogP contribution in [-0.2, 0) is 6.42 Å². The molecule has 1 aromatic rings. The molecule has 0 aliphatic heterocycles. The molecule has 13 heavy (non-hydrogen) atoms. The first kappa shape index (κ1) is 9.22. The molecule has 0 bridgehead atoms.